The van der Waals surface area contributed by atoms with Gasteiger partial charge in [0.05, 0.1) is 23.5 Å². The molecule has 0 saturated heterocycles. The van der Waals surface area contributed by atoms with E-state index in [0.717, 1.165) is 23.0 Å². The molecular formula is C26H22BrF3N6O4S. The van der Waals surface area contributed by atoms with E-state index < -0.39 is 44.2 Å². The van der Waals surface area contributed by atoms with Gasteiger partial charge in [-0.2, -0.15) is 13.2 Å². The predicted octanol–water partition coefficient (Wildman–Crippen LogP) is 3.80. The molecule has 0 unspecified atom stereocenters. The van der Waals surface area contributed by atoms with Gasteiger partial charge in [0.25, 0.3) is 11.5 Å². The fraction of sp³-hybridized carbons (Fsp3) is 0.269. The fourth-order valence-electron chi connectivity index (χ4n) is 4.73. The number of carbonyl (C=O) groups excluding carboxylic acids is 1. The number of fused-ring (bicyclic) bond motifs is 1. The Kier molecular flexibility index (Phi) is 7.14. The van der Waals surface area contributed by atoms with Crippen molar-refractivity contribution in [1.29, 1.82) is 0 Å². The summed E-state index contributed by atoms with van der Waals surface area (Å²) >= 11 is 2.87. The largest absolute Gasteiger partial charge is 0.417 e. The fourth-order valence-corrected chi connectivity index (χ4v) is 6.00. The average molecular weight is 651 g/mol. The first kappa shape index (κ1) is 28.7. The molecule has 4 aromatic rings. The zero-order chi connectivity index (χ0) is 29.9. The van der Waals surface area contributed by atoms with Gasteiger partial charge in [0.15, 0.2) is 5.82 Å². The highest BCUT2D eigenvalue weighted by atomic mass is 79.9. The van der Waals surface area contributed by atoms with E-state index in [1.807, 2.05) is 0 Å². The van der Waals surface area contributed by atoms with Crippen molar-refractivity contribution in [3.63, 3.8) is 0 Å². The van der Waals surface area contributed by atoms with Gasteiger partial charge in [-0.3, -0.25) is 14.2 Å². The second kappa shape index (κ2) is 10.2. The number of sulfone groups is 1. The van der Waals surface area contributed by atoms with Crippen molar-refractivity contribution in [3.05, 3.63) is 86.0 Å². The minimum Gasteiger partial charge on any atom is -0.330 e. The SMILES string of the molecule is C[C@@H]1Cc2c(nc(S(C)(=O)=O)n(-c3ccc(-c4nncn4C)cc3)c2=O)CN1C(=O)c1ccc(Br)c(C(F)(F)F)c1. The van der Waals surface area contributed by atoms with Crippen LogP contribution in [0.5, 0.6) is 0 Å². The van der Waals surface area contributed by atoms with Crippen molar-refractivity contribution in [3.8, 4) is 17.1 Å². The lowest BCUT2D eigenvalue weighted by Crippen LogP contribution is -2.46. The molecule has 214 valence electrons. The Labute approximate surface area is 240 Å². The Bertz CT molecular complexity index is 1850. The molecule has 0 N–H and O–H groups in total. The highest BCUT2D eigenvalue weighted by Gasteiger charge is 2.36. The average Bonchev–Trinajstić information content (AvgIpc) is 3.33. The maximum Gasteiger partial charge on any atom is 0.417 e. The Morgan fingerprint density at radius 1 is 1.12 bits per heavy atom. The van der Waals surface area contributed by atoms with Crippen molar-refractivity contribution >= 4 is 31.7 Å². The highest BCUT2D eigenvalue weighted by Crippen LogP contribution is 2.36. The minimum absolute atomic E-state index is 0.0244. The van der Waals surface area contributed by atoms with Gasteiger partial charge in [0.1, 0.15) is 6.33 Å². The Morgan fingerprint density at radius 3 is 2.39 bits per heavy atom. The van der Waals surface area contributed by atoms with Crippen LogP contribution in [0.25, 0.3) is 17.1 Å². The molecule has 15 heteroatoms. The van der Waals surface area contributed by atoms with E-state index in [9.17, 15) is 31.2 Å². The quantitative estimate of drug-likeness (QED) is 0.308. The van der Waals surface area contributed by atoms with Gasteiger partial charge in [0, 0.05) is 40.5 Å². The molecule has 1 aliphatic rings. The Hall–Kier alpha value is -3.85. The number of aryl methyl sites for hydroxylation is 1. The van der Waals surface area contributed by atoms with E-state index >= 15 is 0 Å². The molecular weight excluding hydrogens is 629 g/mol. The zero-order valence-corrected chi connectivity index (χ0v) is 24.2. The molecule has 0 spiro atoms. The van der Waals surface area contributed by atoms with E-state index in [1.54, 1.807) is 42.8 Å². The molecule has 2 aromatic heterocycles. The van der Waals surface area contributed by atoms with Gasteiger partial charge in [-0.1, -0.05) is 15.9 Å². The van der Waals surface area contributed by atoms with Gasteiger partial charge >= 0.3 is 6.18 Å². The number of aromatic nitrogens is 5. The molecule has 1 aliphatic heterocycles. The van der Waals surface area contributed by atoms with Crippen molar-refractivity contribution < 1.29 is 26.4 Å². The number of hydrogen-bond donors (Lipinski definition) is 0. The van der Waals surface area contributed by atoms with Gasteiger partial charge in [-0.25, -0.2) is 13.4 Å². The maximum absolute atomic E-state index is 13.7. The molecule has 1 atom stereocenters. The van der Waals surface area contributed by atoms with Gasteiger partial charge in [0.2, 0.25) is 15.0 Å². The molecule has 5 rings (SSSR count). The second-order valence-electron chi connectivity index (χ2n) is 9.72. The van der Waals surface area contributed by atoms with Gasteiger partial charge in [-0.05, 0) is 55.8 Å². The molecule has 0 fully saturated rings. The molecule has 1 amide bonds. The monoisotopic (exact) mass is 650 g/mol. The van der Waals surface area contributed by atoms with E-state index in [0.29, 0.717) is 11.4 Å². The summed E-state index contributed by atoms with van der Waals surface area (Å²) in [5, 5.41) is 7.36. The van der Waals surface area contributed by atoms with Crippen molar-refractivity contribution in [2.45, 2.75) is 37.3 Å². The van der Waals surface area contributed by atoms with Crippen LogP contribution in [0.2, 0.25) is 0 Å². The van der Waals surface area contributed by atoms with Crippen LogP contribution in [-0.2, 0) is 36.0 Å². The first-order valence-electron chi connectivity index (χ1n) is 12.1. The lowest BCUT2D eigenvalue weighted by atomic mass is 9.98. The number of alkyl halides is 3. The summed E-state index contributed by atoms with van der Waals surface area (Å²) in [6, 6.07) is 9.07. The Morgan fingerprint density at radius 2 is 1.80 bits per heavy atom. The van der Waals surface area contributed by atoms with Gasteiger partial charge in [-0.15, -0.1) is 10.2 Å². The minimum atomic E-state index is -4.68. The smallest absolute Gasteiger partial charge is 0.330 e. The van der Waals surface area contributed by atoms with E-state index in [-0.39, 0.29) is 39.9 Å². The number of benzene rings is 2. The predicted molar refractivity (Wildman–Crippen MR) is 145 cm³/mol. The summed E-state index contributed by atoms with van der Waals surface area (Å²) in [7, 11) is -2.27. The zero-order valence-electron chi connectivity index (χ0n) is 21.8. The maximum atomic E-state index is 13.7. The van der Waals surface area contributed by atoms with Crippen molar-refractivity contribution in [2.24, 2.45) is 7.05 Å². The summed E-state index contributed by atoms with van der Waals surface area (Å²) < 4.78 is 68.4. The second-order valence-corrected chi connectivity index (χ2v) is 12.5. The number of nitrogens with zero attached hydrogens (tertiary/aromatic N) is 6. The standard InChI is InChI=1S/C26H22BrF3N6O4S/c1-14-10-18-21(12-35(14)23(37)16-6-9-20(27)19(11-16)26(28,29)30)32-25(41(3,39)40)36(24(18)38)17-7-4-15(5-8-17)22-33-31-13-34(22)2/h4-9,11,13-14H,10,12H2,1-3H3/t14-/m1/s1. The van der Waals surface area contributed by atoms with Crippen LogP contribution in [0, 0.1) is 0 Å². The first-order valence-corrected chi connectivity index (χ1v) is 14.8. The summed E-state index contributed by atoms with van der Waals surface area (Å²) in [4.78, 5) is 32.6. The van der Waals surface area contributed by atoms with Crippen LogP contribution in [0.3, 0.4) is 0 Å². The van der Waals surface area contributed by atoms with Crippen LogP contribution >= 0.6 is 15.9 Å². The number of halogens is 4. The molecule has 0 radical (unpaired) electrons. The van der Waals surface area contributed by atoms with E-state index in [2.05, 4.69) is 31.1 Å². The third-order valence-electron chi connectivity index (χ3n) is 6.79. The third kappa shape index (κ3) is 5.30. The first-order chi connectivity index (χ1) is 19.2. The summed E-state index contributed by atoms with van der Waals surface area (Å²) in [5.41, 5.74) is -0.561. The topological polar surface area (TPSA) is 120 Å². The van der Waals surface area contributed by atoms with Crippen molar-refractivity contribution in [2.75, 3.05) is 6.26 Å². The number of hydrogen-bond acceptors (Lipinski definition) is 7. The normalized spacial score (nSPS) is 15.6. The molecule has 2 aromatic carbocycles. The summed E-state index contributed by atoms with van der Waals surface area (Å²) in [6.45, 7) is 1.41. The number of rotatable bonds is 4. The van der Waals surface area contributed by atoms with E-state index in [1.165, 1.54) is 17.3 Å². The van der Waals surface area contributed by atoms with Crippen LogP contribution in [-0.4, -0.2) is 55.8 Å². The molecule has 0 bridgehead atoms. The van der Waals surface area contributed by atoms with Gasteiger partial charge < -0.3 is 9.47 Å². The summed E-state index contributed by atoms with van der Waals surface area (Å²) in [6.07, 6.45) is -2.21. The van der Waals surface area contributed by atoms with Crippen molar-refractivity contribution in [1.82, 2.24) is 29.2 Å². The van der Waals surface area contributed by atoms with Crippen LogP contribution < -0.4 is 5.56 Å². The molecule has 3 heterocycles. The van der Waals surface area contributed by atoms with Crippen LogP contribution in [0.1, 0.15) is 34.1 Å². The Balaban J connectivity index is 1.56. The number of carbonyl (C=O) groups is 1. The lowest BCUT2D eigenvalue weighted by Gasteiger charge is -2.34. The molecule has 0 aliphatic carbocycles. The summed E-state index contributed by atoms with van der Waals surface area (Å²) in [5.74, 6) is -0.130. The van der Waals surface area contributed by atoms with Crippen LogP contribution in [0.15, 0.2) is 63.2 Å². The van der Waals surface area contributed by atoms with Crippen LogP contribution in [0.4, 0.5) is 13.2 Å². The molecule has 0 saturated carbocycles. The lowest BCUT2D eigenvalue weighted by molar-refractivity contribution is -0.138. The number of amides is 1. The third-order valence-corrected chi connectivity index (χ3v) is 8.42. The molecule has 41 heavy (non-hydrogen) atoms. The highest BCUT2D eigenvalue weighted by molar-refractivity contribution is 9.10. The van der Waals surface area contributed by atoms with E-state index in [4.69, 9.17) is 0 Å². The molecule has 10 nitrogen and oxygen atoms in total.